The molecule has 0 fully saturated rings. The van der Waals surface area contributed by atoms with Crippen molar-refractivity contribution in [3.63, 3.8) is 0 Å². The summed E-state index contributed by atoms with van der Waals surface area (Å²) < 4.78 is 7.01. The van der Waals surface area contributed by atoms with Crippen LogP contribution in [0.4, 0.5) is 0 Å². The van der Waals surface area contributed by atoms with Crippen molar-refractivity contribution in [3.8, 4) is 5.75 Å². The van der Waals surface area contributed by atoms with Gasteiger partial charge in [-0.25, -0.2) is 0 Å². The summed E-state index contributed by atoms with van der Waals surface area (Å²) in [5, 5.41) is 29.5. The van der Waals surface area contributed by atoms with E-state index in [1.54, 1.807) is 30.5 Å². The molecular formula is C29H39ClN4O6. The molecule has 1 aromatic carbocycles. The van der Waals surface area contributed by atoms with Gasteiger partial charge < -0.3 is 25.6 Å². The molecule has 0 radical (unpaired) electrons. The van der Waals surface area contributed by atoms with Gasteiger partial charge in [0.05, 0.1) is 30.4 Å². The lowest BCUT2D eigenvalue weighted by molar-refractivity contribution is -0.141. The van der Waals surface area contributed by atoms with Crippen molar-refractivity contribution in [2.75, 3.05) is 13.7 Å². The number of carboxylic acid groups (broad SMARTS) is 1. The van der Waals surface area contributed by atoms with E-state index in [-0.39, 0.29) is 31.3 Å². The van der Waals surface area contributed by atoms with Crippen LogP contribution in [0.2, 0.25) is 5.02 Å². The number of amides is 2. The number of aliphatic carboxylic acids is 1. The summed E-state index contributed by atoms with van der Waals surface area (Å²) in [5.41, 5.74) is 1.61. The number of halogens is 1. The molecule has 40 heavy (non-hydrogen) atoms. The monoisotopic (exact) mass is 574 g/mol. The van der Waals surface area contributed by atoms with Crippen molar-refractivity contribution in [1.82, 2.24) is 20.4 Å². The van der Waals surface area contributed by atoms with Crippen molar-refractivity contribution < 1.29 is 29.3 Å². The molecule has 0 aliphatic heterocycles. The first-order chi connectivity index (χ1) is 18.9. The maximum Gasteiger partial charge on any atom is 0.308 e. The summed E-state index contributed by atoms with van der Waals surface area (Å²) in [7, 11) is 1.49. The Labute approximate surface area is 240 Å². The normalized spacial score (nSPS) is 14.7. The lowest BCUT2D eigenvalue weighted by Gasteiger charge is -2.19. The molecule has 2 aromatic rings. The molecule has 2 rings (SSSR count). The Bertz CT molecular complexity index is 1210. The van der Waals surface area contributed by atoms with Crippen LogP contribution in [-0.2, 0) is 20.8 Å². The van der Waals surface area contributed by atoms with Crippen LogP contribution in [0.1, 0.15) is 51.3 Å². The molecule has 0 aliphatic rings. The second-order valence-electron chi connectivity index (χ2n) is 9.99. The first-order valence-corrected chi connectivity index (χ1v) is 13.5. The molecule has 0 aliphatic carbocycles. The van der Waals surface area contributed by atoms with Gasteiger partial charge in [-0.3, -0.25) is 19.1 Å². The number of ether oxygens (including phenoxy) is 1. The number of aliphatic hydroxyl groups excluding tert-OH is 1. The summed E-state index contributed by atoms with van der Waals surface area (Å²) >= 11 is 6.21. The Morgan fingerprint density at radius 1 is 1.20 bits per heavy atom. The molecule has 0 spiro atoms. The predicted molar refractivity (Wildman–Crippen MR) is 154 cm³/mol. The van der Waals surface area contributed by atoms with Gasteiger partial charge in [-0.1, -0.05) is 49.7 Å². The number of hydrogen-bond donors (Lipinski definition) is 4. The fraction of sp³-hybridized carbons (Fsp3) is 0.448. The SMILES string of the molecule is COc1ccc(C[C@@H](NC(=O)/C=C/C[C@H](O)[C@H](C)/C=C/c2cnn(C(C)C)c2)C(=O)NC[C@@H](C)C(=O)O)cc1Cl. The van der Waals surface area contributed by atoms with Crippen molar-refractivity contribution >= 4 is 35.5 Å². The van der Waals surface area contributed by atoms with E-state index in [0.717, 1.165) is 5.56 Å². The van der Waals surface area contributed by atoms with Crippen LogP contribution in [0.25, 0.3) is 6.08 Å². The van der Waals surface area contributed by atoms with Crippen molar-refractivity contribution in [3.05, 3.63) is 65.0 Å². The van der Waals surface area contributed by atoms with E-state index in [0.29, 0.717) is 16.3 Å². The zero-order valence-corrected chi connectivity index (χ0v) is 24.3. The summed E-state index contributed by atoms with van der Waals surface area (Å²) in [6.45, 7) is 7.34. The number of aromatic nitrogens is 2. The zero-order valence-electron chi connectivity index (χ0n) is 23.5. The molecule has 2 amide bonds. The number of hydrogen-bond acceptors (Lipinski definition) is 6. The Morgan fingerprint density at radius 2 is 1.93 bits per heavy atom. The number of methoxy groups -OCH3 is 1. The predicted octanol–water partition coefficient (Wildman–Crippen LogP) is 3.65. The molecule has 218 valence electrons. The maximum absolute atomic E-state index is 12.9. The molecular weight excluding hydrogens is 536 g/mol. The zero-order chi connectivity index (χ0) is 29.8. The van der Waals surface area contributed by atoms with Crippen LogP contribution in [0, 0.1) is 11.8 Å². The van der Waals surface area contributed by atoms with Gasteiger partial charge >= 0.3 is 5.97 Å². The topological polar surface area (TPSA) is 143 Å². The van der Waals surface area contributed by atoms with Gasteiger partial charge in [0.15, 0.2) is 0 Å². The van der Waals surface area contributed by atoms with E-state index < -0.39 is 35.8 Å². The lowest BCUT2D eigenvalue weighted by Crippen LogP contribution is -2.48. The number of rotatable bonds is 15. The molecule has 0 unspecified atom stereocenters. The smallest absolute Gasteiger partial charge is 0.308 e. The highest BCUT2D eigenvalue weighted by atomic mass is 35.5. The number of carbonyl (C=O) groups is 3. The van der Waals surface area contributed by atoms with Crippen LogP contribution in [0.15, 0.2) is 48.8 Å². The van der Waals surface area contributed by atoms with Crippen LogP contribution in [-0.4, -0.2) is 63.6 Å². The molecule has 10 nitrogen and oxygen atoms in total. The lowest BCUT2D eigenvalue weighted by atomic mass is 10.0. The second-order valence-corrected chi connectivity index (χ2v) is 10.4. The van der Waals surface area contributed by atoms with E-state index in [2.05, 4.69) is 15.7 Å². The number of nitrogens with one attached hydrogen (secondary N) is 2. The van der Waals surface area contributed by atoms with Gasteiger partial charge in [-0.2, -0.15) is 5.10 Å². The maximum atomic E-state index is 12.9. The summed E-state index contributed by atoms with van der Waals surface area (Å²) in [4.78, 5) is 36.6. The van der Waals surface area contributed by atoms with E-state index in [1.165, 1.54) is 20.1 Å². The summed E-state index contributed by atoms with van der Waals surface area (Å²) in [6, 6.07) is 4.30. The summed E-state index contributed by atoms with van der Waals surface area (Å²) in [6.07, 6.45) is 9.92. The standard InChI is InChI=1S/C29H39ClN4O6/c1-18(2)34-17-22(16-32-34)10-9-19(3)25(35)7-6-8-27(36)33-24(28(37)31-15-20(4)29(38)39)14-21-11-12-26(40-5)23(30)13-21/h6,8-13,16-20,24-25,35H,7,14-15H2,1-5H3,(H,31,37)(H,33,36)(H,38,39)/b8-6+,10-9+/t19-,20-,24-,25+/m1/s1. The minimum absolute atomic E-state index is 0.0877. The van der Waals surface area contributed by atoms with E-state index in [1.807, 2.05) is 43.8 Å². The van der Waals surface area contributed by atoms with Crippen molar-refractivity contribution in [2.24, 2.45) is 11.8 Å². The largest absolute Gasteiger partial charge is 0.495 e. The van der Waals surface area contributed by atoms with Crippen LogP contribution >= 0.6 is 11.6 Å². The second kappa shape index (κ2) is 15.8. The molecule has 1 heterocycles. The molecule has 4 atom stereocenters. The van der Waals surface area contributed by atoms with Crippen molar-refractivity contribution in [1.29, 1.82) is 0 Å². The third kappa shape index (κ3) is 10.5. The van der Waals surface area contributed by atoms with Gasteiger partial charge in [-0.05, 0) is 44.0 Å². The number of carbonyl (C=O) groups excluding carboxylic acids is 2. The van der Waals surface area contributed by atoms with Gasteiger partial charge in [-0.15, -0.1) is 0 Å². The van der Waals surface area contributed by atoms with Gasteiger partial charge in [0.1, 0.15) is 11.8 Å². The molecule has 11 heteroatoms. The van der Waals surface area contributed by atoms with E-state index in [4.69, 9.17) is 21.4 Å². The minimum atomic E-state index is -1.04. The fourth-order valence-corrected chi connectivity index (χ4v) is 3.89. The van der Waals surface area contributed by atoms with Gasteiger partial charge in [0, 0.05) is 36.7 Å². The molecule has 0 saturated heterocycles. The number of aliphatic hydroxyl groups is 1. The molecule has 0 saturated carbocycles. The number of benzene rings is 1. The van der Waals surface area contributed by atoms with Gasteiger partial charge in [0.25, 0.3) is 0 Å². The Balaban J connectivity index is 2.00. The fourth-order valence-electron chi connectivity index (χ4n) is 3.61. The summed E-state index contributed by atoms with van der Waals surface area (Å²) in [5.74, 6) is -2.59. The van der Waals surface area contributed by atoms with Crippen LogP contribution < -0.4 is 15.4 Å². The average molecular weight is 575 g/mol. The molecule has 1 aromatic heterocycles. The van der Waals surface area contributed by atoms with Crippen LogP contribution in [0.5, 0.6) is 5.75 Å². The van der Waals surface area contributed by atoms with Crippen molar-refractivity contribution in [2.45, 2.75) is 58.7 Å². The Morgan fingerprint density at radius 3 is 2.52 bits per heavy atom. The third-order valence-corrected chi connectivity index (χ3v) is 6.58. The highest BCUT2D eigenvalue weighted by Crippen LogP contribution is 2.25. The number of carboxylic acids is 1. The highest BCUT2D eigenvalue weighted by molar-refractivity contribution is 6.32. The van der Waals surface area contributed by atoms with Crippen LogP contribution in [0.3, 0.4) is 0 Å². The molecule has 0 bridgehead atoms. The van der Waals surface area contributed by atoms with Gasteiger partial charge in [0.2, 0.25) is 11.8 Å². The quantitative estimate of drug-likeness (QED) is 0.238. The highest BCUT2D eigenvalue weighted by Gasteiger charge is 2.22. The average Bonchev–Trinajstić information content (AvgIpc) is 3.39. The Hall–Kier alpha value is -3.63. The van der Waals surface area contributed by atoms with E-state index in [9.17, 15) is 19.5 Å². The third-order valence-electron chi connectivity index (χ3n) is 6.29. The Kier molecular flexibility index (Phi) is 12.9. The first-order valence-electron chi connectivity index (χ1n) is 13.1. The van der Waals surface area contributed by atoms with E-state index >= 15 is 0 Å². The first kappa shape index (κ1) is 32.6. The minimum Gasteiger partial charge on any atom is -0.495 e. The number of nitrogens with zero attached hydrogens (tertiary/aromatic N) is 2. The molecule has 4 N–H and O–H groups in total.